The second-order valence-corrected chi connectivity index (χ2v) is 5.40. The molecule has 0 aliphatic carbocycles. The molecule has 0 bridgehead atoms. The number of fused-ring (bicyclic) bond motifs is 1. The van der Waals surface area contributed by atoms with Crippen molar-refractivity contribution in [1.29, 1.82) is 0 Å². The van der Waals surface area contributed by atoms with Crippen molar-refractivity contribution in [3.63, 3.8) is 0 Å². The standard InChI is InChI=1S/C14H17N5O2/c1-18-6-4-10(5-7-18)17-14-12-8-11(19(20)21)2-3-13(12)15-9-16-14/h2-3,8-10H,4-7H2,1H3,(H,15,16,17). The number of hydrogen-bond acceptors (Lipinski definition) is 6. The van der Waals surface area contributed by atoms with Crippen LogP contribution in [0.5, 0.6) is 0 Å². The Balaban J connectivity index is 1.90. The summed E-state index contributed by atoms with van der Waals surface area (Å²) in [4.78, 5) is 21.2. The van der Waals surface area contributed by atoms with Crippen molar-refractivity contribution < 1.29 is 4.92 Å². The molecule has 1 aliphatic rings. The average Bonchev–Trinajstić information content (AvgIpc) is 2.49. The van der Waals surface area contributed by atoms with E-state index in [1.54, 1.807) is 6.07 Å². The number of nitrogens with one attached hydrogen (secondary N) is 1. The molecule has 1 aromatic carbocycles. The fraction of sp³-hybridized carbons (Fsp3) is 0.429. The van der Waals surface area contributed by atoms with Gasteiger partial charge in [0.15, 0.2) is 0 Å². The highest BCUT2D eigenvalue weighted by molar-refractivity contribution is 5.90. The van der Waals surface area contributed by atoms with Gasteiger partial charge in [0.05, 0.1) is 10.4 Å². The maximum absolute atomic E-state index is 10.9. The Morgan fingerprint density at radius 3 is 2.81 bits per heavy atom. The first-order chi connectivity index (χ1) is 10.1. The van der Waals surface area contributed by atoms with Gasteiger partial charge in [0, 0.05) is 23.6 Å². The van der Waals surface area contributed by atoms with Crippen LogP contribution >= 0.6 is 0 Å². The van der Waals surface area contributed by atoms with Crippen LogP contribution in [0.15, 0.2) is 24.5 Å². The summed E-state index contributed by atoms with van der Waals surface area (Å²) in [5.41, 5.74) is 0.773. The minimum Gasteiger partial charge on any atom is -0.367 e. The average molecular weight is 287 g/mol. The van der Waals surface area contributed by atoms with E-state index >= 15 is 0 Å². The zero-order chi connectivity index (χ0) is 14.8. The molecule has 0 unspecified atom stereocenters. The Kier molecular flexibility index (Phi) is 3.66. The Hall–Kier alpha value is -2.28. The molecular weight excluding hydrogens is 270 g/mol. The lowest BCUT2D eigenvalue weighted by Crippen LogP contribution is -2.36. The van der Waals surface area contributed by atoms with Gasteiger partial charge in [-0.3, -0.25) is 10.1 Å². The predicted molar refractivity (Wildman–Crippen MR) is 80.3 cm³/mol. The van der Waals surface area contributed by atoms with Crippen LogP contribution in [-0.2, 0) is 0 Å². The second kappa shape index (κ2) is 5.61. The third-order valence-corrected chi connectivity index (χ3v) is 3.89. The molecule has 3 rings (SSSR count). The van der Waals surface area contributed by atoms with E-state index in [2.05, 4.69) is 27.2 Å². The third kappa shape index (κ3) is 2.92. The maximum Gasteiger partial charge on any atom is 0.270 e. The van der Waals surface area contributed by atoms with Crippen molar-refractivity contribution in [2.24, 2.45) is 0 Å². The third-order valence-electron chi connectivity index (χ3n) is 3.89. The highest BCUT2D eigenvalue weighted by Gasteiger charge is 2.18. The van der Waals surface area contributed by atoms with Gasteiger partial charge in [-0.1, -0.05) is 0 Å². The van der Waals surface area contributed by atoms with E-state index in [4.69, 9.17) is 0 Å². The number of aromatic nitrogens is 2. The van der Waals surface area contributed by atoms with E-state index in [1.807, 2.05) is 0 Å². The Bertz CT molecular complexity index is 667. The molecule has 21 heavy (non-hydrogen) atoms. The minimum absolute atomic E-state index is 0.0590. The number of non-ortho nitro benzene ring substituents is 1. The first-order valence-corrected chi connectivity index (χ1v) is 6.98. The SMILES string of the molecule is CN1CCC(Nc2ncnc3ccc([N+](=O)[O-])cc23)CC1. The molecule has 1 aliphatic heterocycles. The van der Waals surface area contributed by atoms with Gasteiger partial charge in [0.1, 0.15) is 12.1 Å². The number of piperidine rings is 1. The molecule has 7 heteroatoms. The van der Waals surface area contributed by atoms with Crippen molar-refractivity contribution in [1.82, 2.24) is 14.9 Å². The molecule has 0 saturated carbocycles. The largest absolute Gasteiger partial charge is 0.367 e. The Morgan fingerprint density at radius 2 is 2.10 bits per heavy atom. The summed E-state index contributed by atoms with van der Waals surface area (Å²) in [6.07, 6.45) is 3.57. The summed E-state index contributed by atoms with van der Waals surface area (Å²) in [6.45, 7) is 2.08. The summed E-state index contributed by atoms with van der Waals surface area (Å²) in [6, 6.07) is 5.01. The molecular formula is C14H17N5O2. The van der Waals surface area contributed by atoms with Gasteiger partial charge in [0.25, 0.3) is 5.69 Å². The van der Waals surface area contributed by atoms with Gasteiger partial charge in [-0.05, 0) is 39.0 Å². The Morgan fingerprint density at radius 1 is 1.33 bits per heavy atom. The molecule has 110 valence electrons. The first kappa shape index (κ1) is 13.7. The number of nitro benzene ring substituents is 1. The van der Waals surface area contributed by atoms with Gasteiger partial charge in [-0.2, -0.15) is 0 Å². The van der Waals surface area contributed by atoms with E-state index in [0.29, 0.717) is 22.8 Å². The molecule has 1 N–H and O–H groups in total. The van der Waals surface area contributed by atoms with Crippen LogP contribution in [0, 0.1) is 10.1 Å². The molecule has 0 spiro atoms. The van der Waals surface area contributed by atoms with Gasteiger partial charge < -0.3 is 10.2 Å². The van der Waals surface area contributed by atoms with E-state index in [-0.39, 0.29) is 5.69 Å². The summed E-state index contributed by atoms with van der Waals surface area (Å²) < 4.78 is 0. The molecule has 1 saturated heterocycles. The second-order valence-electron chi connectivity index (χ2n) is 5.40. The summed E-state index contributed by atoms with van der Waals surface area (Å²) in [7, 11) is 2.11. The number of rotatable bonds is 3. The van der Waals surface area contributed by atoms with Crippen molar-refractivity contribution >= 4 is 22.4 Å². The van der Waals surface area contributed by atoms with Gasteiger partial charge >= 0.3 is 0 Å². The van der Waals surface area contributed by atoms with Gasteiger partial charge in [-0.25, -0.2) is 9.97 Å². The quantitative estimate of drug-likeness (QED) is 0.687. The fourth-order valence-electron chi connectivity index (χ4n) is 2.62. The van der Waals surface area contributed by atoms with E-state index in [9.17, 15) is 10.1 Å². The number of nitrogens with zero attached hydrogens (tertiary/aromatic N) is 4. The van der Waals surface area contributed by atoms with Crippen LogP contribution in [0.1, 0.15) is 12.8 Å². The maximum atomic E-state index is 10.9. The summed E-state index contributed by atoms with van der Waals surface area (Å²) in [5, 5.41) is 15.0. The van der Waals surface area contributed by atoms with Gasteiger partial charge in [-0.15, -0.1) is 0 Å². The lowest BCUT2D eigenvalue weighted by Gasteiger charge is -2.29. The lowest BCUT2D eigenvalue weighted by atomic mass is 10.1. The fourth-order valence-corrected chi connectivity index (χ4v) is 2.62. The molecule has 1 aromatic heterocycles. The lowest BCUT2D eigenvalue weighted by molar-refractivity contribution is -0.384. The number of benzene rings is 1. The number of hydrogen-bond donors (Lipinski definition) is 1. The monoisotopic (exact) mass is 287 g/mol. The number of nitro groups is 1. The van der Waals surface area contributed by atoms with Crippen molar-refractivity contribution in [3.8, 4) is 0 Å². The van der Waals surface area contributed by atoms with Crippen molar-refractivity contribution in [3.05, 3.63) is 34.6 Å². The van der Waals surface area contributed by atoms with E-state index in [0.717, 1.165) is 25.9 Å². The number of anilines is 1. The normalized spacial score (nSPS) is 17.0. The predicted octanol–water partition coefficient (Wildman–Crippen LogP) is 2.04. The summed E-state index contributed by atoms with van der Waals surface area (Å²) in [5.74, 6) is 0.679. The van der Waals surface area contributed by atoms with E-state index < -0.39 is 4.92 Å². The molecule has 0 atom stereocenters. The summed E-state index contributed by atoms with van der Waals surface area (Å²) >= 11 is 0. The topological polar surface area (TPSA) is 84.2 Å². The smallest absolute Gasteiger partial charge is 0.270 e. The molecule has 0 radical (unpaired) electrons. The zero-order valence-corrected chi connectivity index (χ0v) is 11.8. The van der Waals surface area contributed by atoms with Crippen LogP contribution in [0.4, 0.5) is 11.5 Å². The minimum atomic E-state index is -0.397. The van der Waals surface area contributed by atoms with E-state index in [1.165, 1.54) is 18.5 Å². The van der Waals surface area contributed by atoms with Crippen molar-refractivity contribution in [2.75, 3.05) is 25.5 Å². The number of likely N-dealkylation sites (tertiary alicyclic amines) is 1. The highest BCUT2D eigenvalue weighted by atomic mass is 16.6. The highest BCUT2D eigenvalue weighted by Crippen LogP contribution is 2.25. The van der Waals surface area contributed by atoms with Crippen LogP contribution in [-0.4, -0.2) is 46.0 Å². The first-order valence-electron chi connectivity index (χ1n) is 6.98. The molecule has 7 nitrogen and oxygen atoms in total. The molecule has 2 aromatic rings. The van der Waals surface area contributed by atoms with Crippen LogP contribution in [0.3, 0.4) is 0 Å². The Labute approximate surface area is 122 Å². The molecule has 1 fully saturated rings. The molecule has 0 amide bonds. The van der Waals surface area contributed by atoms with Crippen LogP contribution in [0.25, 0.3) is 10.9 Å². The van der Waals surface area contributed by atoms with Gasteiger partial charge in [0.2, 0.25) is 0 Å². The van der Waals surface area contributed by atoms with Crippen LogP contribution < -0.4 is 5.32 Å². The van der Waals surface area contributed by atoms with Crippen molar-refractivity contribution in [2.45, 2.75) is 18.9 Å². The van der Waals surface area contributed by atoms with Crippen LogP contribution in [0.2, 0.25) is 0 Å². The zero-order valence-electron chi connectivity index (χ0n) is 11.8. The molecule has 2 heterocycles.